The van der Waals surface area contributed by atoms with Gasteiger partial charge in [-0.3, -0.25) is 5.43 Å². The van der Waals surface area contributed by atoms with E-state index in [1.165, 1.54) is 0 Å². The van der Waals surface area contributed by atoms with E-state index < -0.39 is 5.54 Å². The fourth-order valence-electron chi connectivity index (χ4n) is 4.41. The third-order valence-electron chi connectivity index (χ3n) is 5.82. The summed E-state index contributed by atoms with van der Waals surface area (Å²) in [6, 6.07) is 30.9. The van der Waals surface area contributed by atoms with E-state index in [0.29, 0.717) is 0 Å². The molecule has 1 heterocycles. The number of hydrogen-bond donors (Lipinski definition) is 1. The molecule has 162 valence electrons. The van der Waals surface area contributed by atoms with Crippen LogP contribution < -0.4 is 5.43 Å². The largest absolute Gasteiger partial charge is 0.383 e. The van der Waals surface area contributed by atoms with Crippen LogP contribution in [0.1, 0.15) is 16.7 Å². The van der Waals surface area contributed by atoms with Crippen LogP contribution in [0.2, 0.25) is 0 Å². The van der Waals surface area contributed by atoms with Gasteiger partial charge < -0.3 is 4.90 Å². The Balaban J connectivity index is 1.81. The van der Waals surface area contributed by atoms with Crippen LogP contribution in [0.3, 0.4) is 0 Å². The van der Waals surface area contributed by atoms with E-state index in [0.717, 1.165) is 39.4 Å². The van der Waals surface area contributed by atoms with Crippen molar-refractivity contribution in [2.45, 2.75) is 5.54 Å². The van der Waals surface area contributed by atoms with Gasteiger partial charge in [0.05, 0.1) is 0 Å². The van der Waals surface area contributed by atoms with E-state index in [1.54, 1.807) is 0 Å². The highest BCUT2D eigenvalue weighted by Crippen LogP contribution is 2.44. The molecular formula is C29H26N4. The minimum atomic E-state index is -0.815. The van der Waals surface area contributed by atoms with Gasteiger partial charge in [0.15, 0.2) is 5.54 Å². The second kappa shape index (κ2) is 8.75. The van der Waals surface area contributed by atoms with E-state index in [-0.39, 0.29) is 0 Å². The number of hydrazone groups is 1. The molecule has 33 heavy (non-hydrogen) atoms. The lowest BCUT2D eigenvalue weighted by atomic mass is 9.74. The highest BCUT2D eigenvalue weighted by molar-refractivity contribution is 6.15. The molecule has 0 spiro atoms. The molecule has 1 N–H and O–H groups in total. The minimum absolute atomic E-state index is 0.746. The molecule has 0 saturated heterocycles. The Kier molecular flexibility index (Phi) is 5.49. The molecule has 0 radical (unpaired) electrons. The minimum Gasteiger partial charge on any atom is -0.383 e. The van der Waals surface area contributed by atoms with Gasteiger partial charge in [-0.2, -0.15) is 5.10 Å². The second-order valence-corrected chi connectivity index (χ2v) is 8.33. The van der Waals surface area contributed by atoms with Crippen LogP contribution in [0.25, 0.3) is 0 Å². The predicted octanol–water partition coefficient (Wildman–Crippen LogP) is 5.28. The Morgan fingerprint density at radius 3 is 2.03 bits per heavy atom. The summed E-state index contributed by atoms with van der Waals surface area (Å²) in [5, 5.41) is 4.97. The van der Waals surface area contributed by atoms with Gasteiger partial charge in [-0.05, 0) is 16.7 Å². The zero-order valence-corrected chi connectivity index (χ0v) is 18.8. The number of nitrogens with one attached hydrogen (secondary N) is 1. The van der Waals surface area contributed by atoms with Gasteiger partial charge in [-0.15, -0.1) is 0 Å². The summed E-state index contributed by atoms with van der Waals surface area (Å²) >= 11 is 0. The van der Waals surface area contributed by atoms with Crippen molar-refractivity contribution < 1.29 is 0 Å². The molecule has 1 unspecified atom stereocenters. The molecule has 3 aromatic rings. The van der Waals surface area contributed by atoms with Gasteiger partial charge in [0.2, 0.25) is 0 Å². The molecule has 4 heteroatoms. The molecular weight excluding hydrogens is 404 g/mol. The molecule has 2 aliphatic rings. The normalized spacial score (nSPS) is 20.7. The maximum absolute atomic E-state index is 5.46. The van der Waals surface area contributed by atoms with Crippen LogP contribution >= 0.6 is 0 Å². The standard InChI is InChI=1S/C29H26N4/c1-33(2)21-24-17-12-20-26(24)29(25-18-10-5-11-19-25)27(22-13-6-3-7-14-22)31-32-28(30-29)23-15-8-4-9-16-23/h3-21H,1-2H3,(H,30,32)/b24-21+. The van der Waals surface area contributed by atoms with Crippen molar-refractivity contribution in [1.29, 1.82) is 0 Å². The van der Waals surface area contributed by atoms with Crippen molar-refractivity contribution in [1.82, 2.24) is 10.3 Å². The molecule has 0 bridgehead atoms. The molecule has 0 saturated carbocycles. The summed E-state index contributed by atoms with van der Waals surface area (Å²) in [5.74, 6) is 0.746. The zero-order chi connectivity index (χ0) is 22.7. The molecule has 0 aromatic heterocycles. The number of nitrogens with zero attached hydrogens (tertiary/aromatic N) is 3. The van der Waals surface area contributed by atoms with Crippen molar-refractivity contribution in [3.63, 3.8) is 0 Å². The number of benzene rings is 3. The van der Waals surface area contributed by atoms with E-state index in [1.807, 2.05) is 56.6 Å². The first-order valence-corrected chi connectivity index (χ1v) is 11.1. The molecule has 1 atom stereocenters. The van der Waals surface area contributed by atoms with Crippen LogP contribution in [0.4, 0.5) is 0 Å². The van der Waals surface area contributed by atoms with Crippen molar-refractivity contribution in [2.75, 3.05) is 14.1 Å². The first-order valence-electron chi connectivity index (χ1n) is 11.1. The van der Waals surface area contributed by atoms with Crippen molar-refractivity contribution in [3.05, 3.63) is 143 Å². The van der Waals surface area contributed by atoms with Crippen molar-refractivity contribution in [3.8, 4) is 0 Å². The number of rotatable bonds is 5. The molecule has 0 fully saturated rings. The lowest BCUT2D eigenvalue weighted by molar-refractivity contribution is 0.558. The summed E-state index contributed by atoms with van der Waals surface area (Å²) in [6.07, 6.45) is 8.54. The Morgan fingerprint density at radius 1 is 0.788 bits per heavy atom. The highest BCUT2D eigenvalue weighted by Gasteiger charge is 2.46. The highest BCUT2D eigenvalue weighted by atomic mass is 15.4. The SMILES string of the molecule is CN(C)/C=C1\C=CC=C1C1(c2ccccc2)N=C(c2ccccc2)NN=C1c1ccccc1. The van der Waals surface area contributed by atoms with Gasteiger partial charge in [-0.1, -0.05) is 109 Å². The number of allylic oxidation sites excluding steroid dienone is 3. The fourth-order valence-corrected chi connectivity index (χ4v) is 4.41. The number of hydrogen-bond acceptors (Lipinski definition) is 4. The Bertz CT molecular complexity index is 1280. The van der Waals surface area contributed by atoms with Gasteiger partial charge in [0.25, 0.3) is 0 Å². The third-order valence-corrected chi connectivity index (χ3v) is 5.82. The summed E-state index contributed by atoms with van der Waals surface area (Å²) in [6.45, 7) is 0. The lowest BCUT2D eigenvalue weighted by Crippen LogP contribution is -2.44. The van der Waals surface area contributed by atoms with Crippen LogP contribution in [0, 0.1) is 0 Å². The van der Waals surface area contributed by atoms with Gasteiger partial charge in [-0.25, -0.2) is 4.99 Å². The van der Waals surface area contributed by atoms with E-state index in [4.69, 9.17) is 10.1 Å². The van der Waals surface area contributed by atoms with Gasteiger partial charge >= 0.3 is 0 Å². The smallest absolute Gasteiger partial charge is 0.158 e. The lowest BCUT2D eigenvalue weighted by Gasteiger charge is -2.37. The summed E-state index contributed by atoms with van der Waals surface area (Å²) in [7, 11) is 4.08. The van der Waals surface area contributed by atoms with Crippen LogP contribution in [0.15, 0.2) is 137 Å². The van der Waals surface area contributed by atoms with E-state index in [2.05, 4.69) is 83.3 Å². The molecule has 5 rings (SSSR count). The van der Waals surface area contributed by atoms with E-state index >= 15 is 0 Å². The monoisotopic (exact) mass is 430 g/mol. The Hall–Kier alpha value is -4.18. The molecule has 4 nitrogen and oxygen atoms in total. The molecule has 1 aliphatic carbocycles. The third kappa shape index (κ3) is 3.80. The molecule has 0 amide bonds. The zero-order valence-electron chi connectivity index (χ0n) is 18.8. The summed E-state index contributed by atoms with van der Waals surface area (Å²) in [5.41, 5.74) is 8.61. The topological polar surface area (TPSA) is 40.0 Å². The van der Waals surface area contributed by atoms with Crippen LogP contribution in [-0.2, 0) is 5.54 Å². The average Bonchev–Trinajstić information content (AvgIpc) is 3.33. The Morgan fingerprint density at radius 2 is 1.39 bits per heavy atom. The van der Waals surface area contributed by atoms with Crippen LogP contribution in [-0.4, -0.2) is 30.5 Å². The second-order valence-electron chi connectivity index (χ2n) is 8.33. The van der Waals surface area contributed by atoms with Gasteiger partial charge in [0, 0.05) is 31.4 Å². The van der Waals surface area contributed by atoms with Crippen molar-refractivity contribution in [2.24, 2.45) is 10.1 Å². The maximum Gasteiger partial charge on any atom is 0.158 e. The number of amidine groups is 1. The average molecular weight is 431 g/mol. The predicted molar refractivity (Wildman–Crippen MR) is 136 cm³/mol. The summed E-state index contributed by atoms with van der Waals surface area (Å²) < 4.78 is 0. The molecule has 1 aliphatic heterocycles. The van der Waals surface area contributed by atoms with Crippen molar-refractivity contribution >= 4 is 11.5 Å². The Labute approximate surface area is 195 Å². The quantitative estimate of drug-likeness (QED) is 0.598. The first-order chi connectivity index (χ1) is 16.2. The fraction of sp³-hybridized carbons (Fsp3) is 0.103. The maximum atomic E-state index is 5.46. The summed E-state index contributed by atoms with van der Waals surface area (Å²) in [4.78, 5) is 7.53. The van der Waals surface area contributed by atoms with Crippen LogP contribution in [0.5, 0.6) is 0 Å². The van der Waals surface area contributed by atoms with Gasteiger partial charge in [0.1, 0.15) is 11.5 Å². The molecule has 3 aromatic carbocycles. The number of aliphatic imine (C=N–C) groups is 1. The first kappa shape index (κ1) is 20.7. The van der Waals surface area contributed by atoms with E-state index in [9.17, 15) is 0 Å².